The molecule has 0 spiro atoms. The highest BCUT2D eigenvalue weighted by atomic mass is 16.4. The summed E-state index contributed by atoms with van der Waals surface area (Å²) in [6.07, 6.45) is 2.09. The molecule has 1 atom stereocenters. The van der Waals surface area contributed by atoms with E-state index in [2.05, 4.69) is 15.3 Å². The lowest BCUT2D eigenvalue weighted by Gasteiger charge is -2.32. The fourth-order valence-corrected chi connectivity index (χ4v) is 2.09. The number of nitrogens with one attached hydrogen (secondary N) is 2. The molecule has 1 amide bonds. The number of imidazole rings is 1. The van der Waals surface area contributed by atoms with E-state index in [0.29, 0.717) is 13.0 Å². The number of aromatic amines is 1. The molecule has 2 rings (SSSR count). The first-order valence-corrected chi connectivity index (χ1v) is 5.81. The van der Waals surface area contributed by atoms with Crippen molar-refractivity contribution in [2.75, 3.05) is 13.6 Å². The number of carbonyl (C=O) groups is 2. The summed E-state index contributed by atoms with van der Waals surface area (Å²) in [6.45, 7) is 0.826. The van der Waals surface area contributed by atoms with Gasteiger partial charge < -0.3 is 20.3 Å². The Balaban J connectivity index is 2.17. The van der Waals surface area contributed by atoms with Crippen LogP contribution < -0.4 is 5.32 Å². The third kappa shape index (κ3) is 2.35. The number of carbonyl (C=O) groups excluding carboxylic acids is 1. The van der Waals surface area contributed by atoms with Crippen LogP contribution in [0.15, 0.2) is 6.33 Å². The van der Waals surface area contributed by atoms with Crippen LogP contribution in [0.25, 0.3) is 0 Å². The van der Waals surface area contributed by atoms with Crippen LogP contribution in [0, 0.1) is 0 Å². The van der Waals surface area contributed by atoms with Crippen molar-refractivity contribution in [3.63, 3.8) is 0 Å². The normalized spacial score (nSPS) is 18.5. The van der Waals surface area contributed by atoms with Crippen molar-refractivity contribution in [3.8, 4) is 0 Å². The van der Waals surface area contributed by atoms with Gasteiger partial charge in [0.2, 0.25) is 5.91 Å². The van der Waals surface area contributed by atoms with Crippen LogP contribution in [-0.4, -0.2) is 51.5 Å². The first kappa shape index (κ1) is 12.6. The van der Waals surface area contributed by atoms with Crippen LogP contribution in [0.4, 0.5) is 0 Å². The fourth-order valence-electron chi connectivity index (χ4n) is 2.09. The van der Waals surface area contributed by atoms with Gasteiger partial charge in [0, 0.05) is 19.4 Å². The standard InChI is InChI=1S/C11H16N4O3/c1-12-3-2-10(16)15-5-8-7(13-6-14-8)4-9(15)11(17)18/h6,9,12H,2-5H2,1H3,(H,13,14)(H,17,18). The molecule has 1 aromatic heterocycles. The number of aromatic nitrogens is 2. The molecular formula is C11H16N4O3. The zero-order valence-electron chi connectivity index (χ0n) is 10.1. The molecule has 1 aliphatic rings. The van der Waals surface area contributed by atoms with E-state index in [1.165, 1.54) is 11.2 Å². The minimum absolute atomic E-state index is 0.156. The second-order valence-corrected chi connectivity index (χ2v) is 4.26. The average molecular weight is 252 g/mol. The molecule has 2 heterocycles. The zero-order chi connectivity index (χ0) is 13.1. The van der Waals surface area contributed by atoms with Gasteiger partial charge in [-0.25, -0.2) is 9.78 Å². The highest BCUT2D eigenvalue weighted by molar-refractivity contribution is 5.84. The first-order chi connectivity index (χ1) is 8.63. The fraction of sp³-hybridized carbons (Fsp3) is 0.545. The van der Waals surface area contributed by atoms with Crippen molar-refractivity contribution >= 4 is 11.9 Å². The lowest BCUT2D eigenvalue weighted by atomic mass is 10.0. The van der Waals surface area contributed by atoms with Crippen molar-refractivity contribution < 1.29 is 14.7 Å². The molecule has 1 unspecified atom stereocenters. The number of H-pyrrole nitrogens is 1. The van der Waals surface area contributed by atoms with Crippen molar-refractivity contribution in [2.45, 2.75) is 25.4 Å². The molecule has 0 radical (unpaired) electrons. The van der Waals surface area contributed by atoms with Gasteiger partial charge in [0.05, 0.1) is 24.3 Å². The van der Waals surface area contributed by atoms with Crippen molar-refractivity contribution in [2.24, 2.45) is 0 Å². The number of hydrogen-bond donors (Lipinski definition) is 3. The van der Waals surface area contributed by atoms with E-state index >= 15 is 0 Å². The van der Waals surface area contributed by atoms with E-state index in [1.54, 1.807) is 7.05 Å². The van der Waals surface area contributed by atoms with Crippen molar-refractivity contribution in [1.29, 1.82) is 0 Å². The minimum atomic E-state index is -0.985. The topological polar surface area (TPSA) is 98.3 Å². The molecule has 3 N–H and O–H groups in total. The minimum Gasteiger partial charge on any atom is -0.480 e. The number of nitrogens with zero attached hydrogens (tertiary/aromatic N) is 2. The van der Waals surface area contributed by atoms with Gasteiger partial charge in [-0.1, -0.05) is 0 Å². The summed E-state index contributed by atoms with van der Waals surface area (Å²) in [5, 5.41) is 12.1. The number of amides is 1. The number of hydrogen-bond acceptors (Lipinski definition) is 4. The summed E-state index contributed by atoms with van der Waals surface area (Å²) in [5.74, 6) is -1.14. The number of rotatable bonds is 4. The van der Waals surface area contributed by atoms with Crippen LogP contribution in [0.3, 0.4) is 0 Å². The van der Waals surface area contributed by atoms with Crippen LogP contribution in [0.2, 0.25) is 0 Å². The molecule has 7 nitrogen and oxygen atoms in total. The van der Waals surface area contributed by atoms with E-state index in [-0.39, 0.29) is 18.9 Å². The van der Waals surface area contributed by atoms with Crippen LogP contribution in [0.1, 0.15) is 17.8 Å². The Hall–Kier alpha value is -1.89. The average Bonchev–Trinajstić information content (AvgIpc) is 2.81. The molecule has 0 bridgehead atoms. The lowest BCUT2D eigenvalue weighted by Crippen LogP contribution is -2.49. The molecule has 1 aliphatic heterocycles. The van der Waals surface area contributed by atoms with E-state index in [4.69, 9.17) is 0 Å². The van der Waals surface area contributed by atoms with E-state index < -0.39 is 12.0 Å². The summed E-state index contributed by atoms with van der Waals surface area (Å²) in [6, 6.07) is -0.815. The monoisotopic (exact) mass is 252 g/mol. The van der Waals surface area contributed by atoms with E-state index in [1.807, 2.05) is 0 Å². The van der Waals surface area contributed by atoms with Crippen LogP contribution >= 0.6 is 0 Å². The van der Waals surface area contributed by atoms with Gasteiger partial charge >= 0.3 is 5.97 Å². The van der Waals surface area contributed by atoms with Crippen LogP contribution in [-0.2, 0) is 22.6 Å². The largest absolute Gasteiger partial charge is 0.480 e. The van der Waals surface area contributed by atoms with Gasteiger partial charge in [-0.2, -0.15) is 0 Å². The molecule has 18 heavy (non-hydrogen) atoms. The maximum absolute atomic E-state index is 12.0. The van der Waals surface area contributed by atoms with E-state index in [0.717, 1.165) is 11.4 Å². The SMILES string of the molecule is CNCCC(=O)N1Cc2[nH]cnc2CC1C(=O)O. The Kier molecular flexibility index (Phi) is 3.61. The molecular weight excluding hydrogens is 236 g/mol. The summed E-state index contributed by atoms with van der Waals surface area (Å²) in [4.78, 5) is 31.6. The van der Waals surface area contributed by atoms with Crippen molar-refractivity contribution in [1.82, 2.24) is 20.2 Å². The number of carboxylic acids is 1. The smallest absolute Gasteiger partial charge is 0.326 e. The Morgan fingerprint density at radius 3 is 3.11 bits per heavy atom. The Bertz CT molecular complexity index is 457. The number of fused-ring (bicyclic) bond motifs is 1. The molecule has 7 heteroatoms. The highest BCUT2D eigenvalue weighted by Gasteiger charge is 2.35. The predicted molar refractivity (Wildman–Crippen MR) is 62.8 cm³/mol. The van der Waals surface area contributed by atoms with Gasteiger partial charge in [-0.3, -0.25) is 4.79 Å². The van der Waals surface area contributed by atoms with E-state index in [9.17, 15) is 14.7 Å². The molecule has 0 saturated heterocycles. The summed E-state index contributed by atoms with van der Waals surface area (Å²) in [5.41, 5.74) is 1.56. The molecule has 0 fully saturated rings. The molecule has 0 aromatic carbocycles. The maximum atomic E-state index is 12.0. The molecule has 0 saturated carbocycles. The number of carboxylic acid groups (broad SMARTS) is 1. The Morgan fingerprint density at radius 1 is 1.67 bits per heavy atom. The van der Waals surface area contributed by atoms with Gasteiger partial charge in [0.1, 0.15) is 6.04 Å². The third-order valence-electron chi connectivity index (χ3n) is 3.09. The van der Waals surface area contributed by atoms with Crippen LogP contribution in [0.5, 0.6) is 0 Å². The predicted octanol–water partition coefficient (Wildman–Crippen LogP) is -0.643. The zero-order valence-corrected chi connectivity index (χ0v) is 10.1. The van der Waals surface area contributed by atoms with Crippen molar-refractivity contribution in [3.05, 3.63) is 17.7 Å². The Labute approximate surface area is 104 Å². The highest BCUT2D eigenvalue weighted by Crippen LogP contribution is 2.21. The summed E-state index contributed by atoms with van der Waals surface area (Å²) < 4.78 is 0. The lowest BCUT2D eigenvalue weighted by molar-refractivity contribution is -0.151. The van der Waals surface area contributed by atoms with Gasteiger partial charge in [0.25, 0.3) is 0 Å². The van der Waals surface area contributed by atoms with Gasteiger partial charge in [-0.15, -0.1) is 0 Å². The summed E-state index contributed by atoms with van der Waals surface area (Å²) >= 11 is 0. The number of aliphatic carboxylic acids is 1. The quantitative estimate of drug-likeness (QED) is 0.662. The maximum Gasteiger partial charge on any atom is 0.326 e. The summed E-state index contributed by atoms with van der Waals surface area (Å²) in [7, 11) is 1.76. The molecule has 98 valence electrons. The first-order valence-electron chi connectivity index (χ1n) is 5.81. The molecule has 1 aromatic rings. The second kappa shape index (κ2) is 5.18. The Morgan fingerprint density at radius 2 is 2.44 bits per heavy atom. The third-order valence-corrected chi connectivity index (χ3v) is 3.09. The second-order valence-electron chi connectivity index (χ2n) is 4.26. The van der Waals surface area contributed by atoms with Gasteiger partial charge in [-0.05, 0) is 7.05 Å². The molecule has 0 aliphatic carbocycles. The van der Waals surface area contributed by atoms with Gasteiger partial charge in [0.15, 0.2) is 0 Å².